The van der Waals surface area contributed by atoms with Gasteiger partial charge >= 0.3 is 0 Å². The Morgan fingerprint density at radius 3 is 2.57 bits per heavy atom. The molecule has 84 valence electrons. The summed E-state index contributed by atoms with van der Waals surface area (Å²) in [5.74, 6) is 0.928. The molecule has 0 radical (unpaired) electrons. The van der Waals surface area contributed by atoms with Gasteiger partial charge in [0.05, 0.1) is 0 Å². The van der Waals surface area contributed by atoms with Crippen molar-refractivity contribution in [3.8, 4) is 0 Å². The first-order valence-corrected chi connectivity index (χ1v) is 6.13. The van der Waals surface area contributed by atoms with E-state index in [4.69, 9.17) is 0 Å². The molecule has 3 atom stereocenters. The van der Waals surface area contributed by atoms with Gasteiger partial charge in [-0.1, -0.05) is 20.8 Å². The van der Waals surface area contributed by atoms with Gasteiger partial charge in [0, 0.05) is 18.1 Å². The molecule has 1 aliphatic rings. The number of nitrogens with one attached hydrogen (secondary N) is 2. The zero-order chi connectivity index (χ0) is 10.6. The van der Waals surface area contributed by atoms with Crippen LogP contribution in [-0.4, -0.2) is 24.7 Å². The highest BCUT2D eigenvalue weighted by molar-refractivity contribution is 4.95. The van der Waals surface area contributed by atoms with Gasteiger partial charge in [0.15, 0.2) is 0 Å². The topological polar surface area (TPSA) is 24.1 Å². The Bertz CT molecular complexity index is 156. The van der Waals surface area contributed by atoms with E-state index in [1.807, 2.05) is 0 Å². The normalized spacial score (nSPS) is 28.1. The Kier molecular flexibility index (Phi) is 4.90. The van der Waals surface area contributed by atoms with E-state index in [1.165, 1.54) is 19.3 Å². The lowest BCUT2D eigenvalue weighted by Gasteiger charge is -2.13. The average Bonchev–Trinajstić information content (AvgIpc) is 2.78. The first-order valence-electron chi connectivity index (χ1n) is 6.13. The minimum Gasteiger partial charge on any atom is -0.314 e. The van der Waals surface area contributed by atoms with Gasteiger partial charge in [0.2, 0.25) is 0 Å². The third-order valence-electron chi connectivity index (χ3n) is 2.87. The molecule has 0 aromatic heterocycles. The Morgan fingerprint density at radius 1 is 1.29 bits per heavy atom. The number of hydrogen-bond donors (Lipinski definition) is 2. The molecule has 2 nitrogen and oxygen atoms in total. The Hall–Kier alpha value is -0.0800. The molecule has 0 spiro atoms. The SMILES string of the molecule is CCCNC(C)CC1CC1NC(C)C. The predicted molar refractivity (Wildman–Crippen MR) is 62.5 cm³/mol. The highest BCUT2D eigenvalue weighted by Crippen LogP contribution is 2.34. The molecule has 0 aromatic rings. The minimum absolute atomic E-state index is 0.643. The fraction of sp³-hybridized carbons (Fsp3) is 1.00. The molecule has 1 rings (SSSR count). The molecule has 2 heteroatoms. The molecule has 0 heterocycles. The van der Waals surface area contributed by atoms with Crippen molar-refractivity contribution in [3.05, 3.63) is 0 Å². The molecule has 0 bridgehead atoms. The predicted octanol–water partition coefficient (Wildman–Crippen LogP) is 2.15. The third kappa shape index (κ3) is 4.43. The van der Waals surface area contributed by atoms with Gasteiger partial charge in [-0.25, -0.2) is 0 Å². The number of hydrogen-bond acceptors (Lipinski definition) is 2. The van der Waals surface area contributed by atoms with Gasteiger partial charge in [-0.15, -0.1) is 0 Å². The van der Waals surface area contributed by atoms with E-state index in [-0.39, 0.29) is 0 Å². The van der Waals surface area contributed by atoms with Crippen molar-refractivity contribution in [2.75, 3.05) is 6.54 Å². The van der Waals surface area contributed by atoms with Crippen molar-refractivity contribution in [2.24, 2.45) is 5.92 Å². The first-order chi connectivity index (χ1) is 6.63. The van der Waals surface area contributed by atoms with Gasteiger partial charge in [0.25, 0.3) is 0 Å². The Morgan fingerprint density at radius 2 is 2.00 bits per heavy atom. The quantitative estimate of drug-likeness (QED) is 0.655. The largest absolute Gasteiger partial charge is 0.314 e. The molecule has 1 aliphatic carbocycles. The molecule has 0 saturated heterocycles. The lowest BCUT2D eigenvalue weighted by atomic mass is 10.1. The van der Waals surface area contributed by atoms with Crippen molar-refractivity contribution < 1.29 is 0 Å². The fourth-order valence-electron chi connectivity index (χ4n) is 2.07. The second-order valence-electron chi connectivity index (χ2n) is 5.01. The van der Waals surface area contributed by atoms with Gasteiger partial charge in [-0.3, -0.25) is 0 Å². The smallest absolute Gasteiger partial charge is 0.0102 e. The number of rotatable bonds is 7. The summed E-state index contributed by atoms with van der Waals surface area (Å²) in [6, 6.07) is 2.14. The van der Waals surface area contributed by atoms with Crippen molar-refractivity contribution in [2.45, 2.75) is 65.1 Å². The van der Waals surface area contributed by atoms with E-state index >= 15 is 0 Å². The second-order valence-corrected chi connectivity index (χ2v) is 5.01. The van der Waals surface area contributed by atoms with E-state index in [9.17, 15) is 0 Å². The first kappa shape index (κ1) is 12.0. The van der Waals surface area contributed by atoms with E-state index in [2.05, 4.69) is 38.3 Å². The van der Waals surface area contributed by atoms with Crippen LogP contribution in [-0.2, 0) is 0 Å². The zero-order valence-electron chi connectivity index (χ0n) is 10.1. The summed E-state index contributed by atoms with van der Waals surface area (Å²) in [7, 11) is 0. The van der Waals surface area contributed by atoms with Crippen LogP contribution < -0.4 is 10.6 Å². The second kappa shape index (κ2) is 5.72. The summed E-state index contributed by atoms with van der Waals surface area (Å²) in [4.78, 5) is 0. The van der Waals surface area contributed by atoms with E-state index in [1.54, 1.807) is 0 Å². The van der Waals surface area contributed by atoms with Gasteiger partial charge in [-0.2, -0.15) is 0 Å². The Balaban J connectivity index is 2.03. The lowest BCUT2D eigenvalue weighted by Crippen LogP contribution is -2.30. The molecule has 0 aliphatic heterocycles. The third-order valence-corrected chi connectivity index (χ3v) is 2.87. The van der Waals surface area contributed by atoms with Crippen LogP contribution in [0.15, 0.2) is 0 Å². The molecule has 1 saturated carbocycles. The maximum absolute atomic E-state index is 3.60. The molecule has 3 unspecified atom stereocenters. The van der Waals surface area contributed by atoms with Crippen LogP contribution in [0.5, 0.6) is 0 Å². The molecule has 0 aromatic carbocycles. The molecule has 2 N–H and O–H groups in total. The summed E-state index contributed by atoms with van der Waals surface area (Å²) in [5, 5.41) is 7.15. The van der Waals surface area contributed by atoms with Crippen LogP contribution in [0.3, 0.4) is 0 Å². The van der Waals surface area contributed by atoms with Crippen LogP contribution in [0.4, 0.5) is 0 Å². The van der Waals surface area contributed by atoms with E-state index in [0.717, 1.165) is 18.5 Å². The maximum Gasteiger partial charge on any atom is 0.0102 e. The van der Waals surface area contributed by atoms with Crippen molar-refractivity contribution in [1.29, 1.82) is 0 Å². The summed E-state index contributed by atoms with van der Waals surface area (Å²) in [5.41, 5.74) is 0. The van der Waals surface area contributed by atoms with Crippen LogP contribution in [0.1, 0.15) is 47.0 Å². The summed E-state index contributed by atoms with van der Waals surface area (Å²) in [6.07, 6.45) is 3.96. The fourth-order valence-corrected chi connectivity index (χ4v) is 2.07. The van der Waals surface area contributed by atoms with Gasteiger partial charge in [-0.05, 0) is 38.6 Å². The standard InChI is InChI=1S/C12H26N2/c1-5-6-13-10(4)7-11-8-12(11)14-9(2)3/h9-14H,5-8H2,1-4H3. The average molecular weight is 198 g/mol. The lowest BCUT2D eigenvalue weighted by molar-refractivity contribution is 0.463. The van der Waals surface area contributed by atoms with E-state index in [0.29, 0.717) is 12.1 Å². The van der Waals surface area contributed by atoms with E-state index < -0.39 is 0 Å². The van der Waals surface area contributed by atoms with Crippen LogP contribution in [0, 0.1) is 5.92 Å². The maximum atomic E-state index is 3.60. The van der Waals surface area contributed by atoms with Crippen LogP contribution in [0.25, 0.3) is 0 Å². The molecule has 0 amide bonds. The molecule has 1 fully saturated rings. The van der Waals surface area contributed by atoms with Crippen molar-refractivity contribution >= 4 is 0 Å². The summed E-state index contributed by atoms with van der Waals surface area (Å²) < 4.78 is 0. The van der Waals surface area contributed by atoms with Crippen LogP contribution >= 0.6 is 0 Å². The van der Waals surface area contributed by atoms with Crippen molar-refractivity contribution in [1.82, 2.24) is 10.6 Å². The highest BCUT2D eigenvalue weighted by Gasteiger charge is 2.37. The van der Waals surface area contributed by atoms with Crippen LogP contribution in [0.2, 0.25) is 0 Å². The monoisotopic (exact) mass is 198 g/mol. The molecular formula is C12H26N2. The highest BCUT2D eigenvalue weighted by atomic mass is 15.0. The van der Waals surface area contributed by atoms with Gasteiger partial charge < -0.3 is 10.6 Å². The van der Waals surface area contributed by atoms with Crippen molar-refractivity contribution in [3.63, 3.8) is 0 Å². The summed E-state index contributed by atoms with van der Waals surface area (Å²) >= 11 is 0. The minimum atomic E-state index is 0.643. The summed E-state index contributed by atoms with van der Waals surface area (Å²) in [6.45, 7) is 10.2. The van der Waals surface area contributed by atoms with Gasteiger partial charge in [0.1, 0.15) is 0 Å². The zero-order valence-corrected chi connectivity index (χ0v) is 10.1. The molecule has 14 heavy (non-hydrogen) atoms. The molecular weight excluding hydrogens is 172 g/mol. The Labute approximate surface area is 88.8 Å².